The van der Waals surface area contributed by atoms with Crippen LogP contribution in [-0.2, 0) is 14.6 Å². The molecule has 3 rings (SSSR count). The van der Waals surface area contributed by atoms with Gasteiger partial charge in [0.1, 0.15) is 9.84 Å². The number of ether oxygens (including phenoxy) is 1. The third kappa shape index (κ3) is 4.81. The molecule has 2 aliphatic rings. The van der Waals surface area contributed by atoms with Crippen molar-refractivity contribution < 1.29 is 13.2 Å². The fourth-order valence-corrected chi connectivity index (χ4v) is 6.20. The average molecular weight is 364 g/mol. The molecule has 2 fully saturated rings. The summed E-state index contributed by atoms with van der Waals surface area (Å²) in [5, 5.41) is 12.5. The van der Waals surface area contributed by atoms with Gasteiger partial charge in [0.25, 0.3) is 0 Å². The Morgan fingerprint density at radius 3 is 2.82 bits per heavy atom. The molecule has 9 heteroatoms. The van der Waals surface area contributed by atoms with Crippen molar-refractivity contribution in [3.63, 3.8) is 0 Å². The van der Waals surface area contributed by atoms with Gasteiger partial charge in [-0.05, 0) is 31.6 Å². The molecule has 1 aromatic heterocycles. The van der Waals surface area contributed by atoms with E-state index in [0.29, 0.717) is 23.5 Å². The minimum atomic E-state index is -2.77. The van der Waals surface area contributed by atoms with E-state index in [0.717, 1.165) is 54.1 Å². The Kier molecular flexibility index (Phi) is 5.59. The predicted molar refractivity (Wildman–Crippen MR) is 89.5 cm³/mol. The lowest BCUT2D eigenvalue weighted by Crippen LogP contribution is -2.24. The number of sulfone groups is 1. The number of thioether (sulfide) groups is 1. The SMILES string of the molecule is O=S1(=O)CCC(CSc2nnc(NCC3CCCO3)s2)CC1. The standard InChI is InChI=1S/C13H21N3O3S3/c17-22(18)6-3-10(4-7-22)9-20-13-16-15-12(21-13)14-8-11-2-1-5-19-11/h10-11H,1-9H2,(H,14,15). The molecule has 1 unspecified atom stereocenters. The number of rotatable bonds is 6. The highest BCUT2D eigenvalue weighted by molar-refractivity contribution is 8.01. The Morgan fingerprint density at radius 2 is 2.09 bits per heavy atom. The van der Waals surface area contributed by atoms with E-state index in [4.69, 9.17) is 4.74 Å². The van der Waals surface area contributed by atoms with E-state index < -0.39 is 9.84 Å². The molecule has 0 spiro atoms. The summed E-state index contributed by atoms with van der Waals surface area (Å²) in [5.41, 5.74) is 0. The van der Waals surface area contributed by atoms with Crippen LogP contribution in [0.25, 0.3) is 0 Å². The molecule has 0 aromatic carbocycles. The van der Waals surface area contributed by atoms with Crippen LogP contribution in [0.3, 0.4) is 0 Å². The second kappa shape index (κ2) is 7.46. The van der Waals surface area contributed by atoms with Gasteiger partial charge >= 0.3 is 0 Å². The molecule has 1 atom stereocenters. The highest BCUT2D eigenvalue weighted by atomic mass is 32.2. The zero-order valence-electron chi connectivity index (χ0n) is 12.4. The van der Waals surface area contributed by atoms with Crippen LogP contribution >= 0.6 is 23.1 Å². The van der Waals surface area contributed by atoms with Gasteiger partial charge in [-0.3, -0.25) is 0 Å². The Bertz CT molecular complexity index is 570. The van der Waals surface area contributed by atoms with Crippen LogP contribution in [0.4, 0.5) is 5.13 Å². The van der Waals surface area contributed by atoms with E-state index in [9.17, 15) is 8.42 Å². The Hall–Kier alpha value is -0.380. The summed E-state index contributed by atoms with van der Waals surface area (Å²) in [4.78, 5) is 0. The molecule has 0 radical (unpaired) electrons. The maximum Gasteiger partial charge on any atom is 0.206 e. The van der Waals surface area contributed by atoms with Gasteiger partial charge < -0.3 is 10.1 Å². The fourth-order valence-electron chi connectivity index (χ4n) is 2.64. The van der Waals surface area contributed by atoms with E-state index in [1.165, 1.54) is 0 Å². The smallest absolute Gasteiger partial charge is 0.206 e. The summed E-state index contributed by atoms with van der Waals surface area (Å²) < 4.78 is 29.3. The summed E-state index contributed by atoms with van der Waals surface area (Å²) in [6.45, 7) is 1.65. The van der Waals surface area contributed by atoms with E-state index in [-0.39, 0.29) is 0 Å². The van der Waals surface area contributed by atoms with Crippen molar-refractivity contribution >= 4 is 38.1 Å². The third-order valence-corrected chi connectivity index (χ3v) is 7.99. The molecule has 0 aliphatic carbocycles. The summed E-state index contributed by atoms with van der Waals surface area (Å²) in [6, 6.07) is 0. The van der Waals surface area contributed by atoms with Crippen molar-refractivity contribution in [1.29, 1.82) is 0 Å². The van der Waals surface area contributed by atoms with Gasteiger partial charge in [0.15, 0.2) is 4.34 Å². The lowest BCUT2D eigenvalue weighted by Gasteiger charge is -2.20. The zero-order chi connectivity index (χ0) is 15.4. The number of hydrogen-bond acceptors (Lipinski definition) is 8. The van der Waals surface area contributed by atoms with Gasteiger partial charge in [-0.25, -0.2) is 8.42 Å². The van der Waals surface area contributed by atoms with Crippen LogP contribution in [0.15, 0.2) is 4.34 Å². The molecule has 2 saturated heterocycles. The molecule has 1 N–H and O–H groups in total. The minimum Gasteiger partial charge on any atom is -0.376 e. The third-order valence-electron chi connectivity index (χ3n) is 4.03. The first-order valence-corrected chi connectivity index (χ1v) is 11.3. The highest BCUT2D eigenvalue weighted by Crippen LogP contribution is 2.30. The van der Waals surface area contributed by atoms with Gasteiger partial charge in [0.2, 0.25) is 5.13 Å². The number of hydrogen-bond donors (Lipinski definition) is 1. The highest BCUT2D eigenvalue weighted by Gasteiger charge is 2.24. The predicted octanol–water partition coefficient (Wildman–Crippen LogP) is 2.05. The average Bonchev–Trinajstić information content (AvgIpc) is 3.15. The zero-order valence-corrected chi connectivity index (χ0v) is 14.8. The van der Waals surface area contributed by atoms with Gasteiger partial charge in [-0.2, -0.15) is 0 Å². The van der Waals surface area contributed by atoms with Crippen LogP contribution in [0, 0.1) is 5.92 Å². The van der Waals surface area contributed by atoms with Crippen molar-refractivity contribution in [2.24, 2.45) is 5.92 Å². The molecule has 0 saturated carbocycles. The molecule has 1 aromatic rings. The van der Waals surface area contributed by atoms with Gasteiger partial charge in [-0.15, -0.1) is 10.2 Å². The number of anilines is 1. The number of aromatic nitrogens is 2. The van der Waals surface area contributed by atoms with E-state index in [2.05, 4.69) is 15.5 Å². The van der Waals surface area contributed by atoms with Crippen molar-refractivity contribution in [1.82, 2.24) is 10.2 Å². The van der Waals surface area contributed by atoms with Crippen molar-refractivity contribution in [2.75, 3.05) is 35.7 Å². The number of nitrogens with zero attached hydrogens (tertiary/aromatic N) is 2. The van der Waals surface area contributed by atoms with Crippen molar-refractivity contribution in [3.05, 3.63) is 0 Å². The fraction of sp³-hybridized carbons (Fsp3) is 0.846. The van der Waals surface area contributed by atoms with E-state index >= 15 is 0 Å². The molecular formula is C13H21N3O3S3. The first-order chi connectivity index (χ1) is 10.6. The molecule has 3 heterocycles. The summed E-state index contributed by atoms with van der Waals surface area (Å²) in [7, 11) is -2.77. The van der Waals surface area contributed by atoms with Crippen molar-refractivity contribution in [2.45, 2.75) is 36.1 Å². The lowest BCUT2D eigenvalue weighted by atomic mass is 10.1. The Morgan fingerprint density at radius 1 is 1.27 bits per heavy atom. The summed E-state index contributed by atoms with van der Waals surface area (Å²) in [5.74, 6) is 2.07. The lowest BCUT2D eigenvalue weighted by molar-refractivity contribution is 0.120. The van der Waals surface area contributed by atoms with Gasteiger partial charge in [-0.1, -0.05) is 23.1 Å². The minimum absolute atomic E-state index is 0.296. The summed E-state index contributed by atoms with van der Waals surface area (Å²) in [6.07, 6.45) is 4.10. The normalized spacial score (nSPS) is 25.4. The quantitative estimate of drug-likeness (QED) is 0.775. The molecule has 2 aliphatic heterocycles. The second-order valence-corrected chi connectivity index (χ2v) is 10.3. The molecular weight excluding hydrogens is 342 g/mol. The molecule has 6 nitrogen and oxygen atoms in total. The van der Waals surface area contributed by atoms with Crippen LogP contribution in [0.5, 0.6) is 0 Å². The van der Waals surface area contributed by atoms with Crippen LogP contribution < -0.4 is 5.32 Å². The molecule has 124 valence electrons. The van der Waals surface area contributed by atoms with Crippen molar-refractivity contribution in [3.8, 4) is 0 Å². The largest absolute Gasteiger partial charge is 0.376 e. The Labute approximate surface area is 139 Å². The van der Waals surface area contributed by atoms with E-state index in [1.54, 1.807) is 23.1 Å². The van der Waals surface area contributed by atoms with Crippen LogP contribution in [-0.4, -0.2) is 55.1 Å². The number of nitrogens with one attached hydrogen (secondary N) is 1. The summed E-state index contributed by atoms with van der Waals surface area (Å²) >= 11 is 3.25. The topological polar surface area (TPSA) is 81.2 Å². The molecule has 0 amide bonds. The van der Waals surface area contributed by atoms with Gasteiger partial charge in [0.05, 0.1) is 17.6 Å². The Balaban J connectivity index is 1.40. The van der Waals surface area contributed by atoms with Gasteiger partial charge in [0, 0.05) is 18.9 Å². The monoisotopic (exact) mass is 363 g/mol. The van der Waals surface area contributed by atoms with Crippen LogP contribution in [0.1, 0.15) is 25.7 Å². The second-order valence-electron chi connectivity index (χ2n) is 5.80. The first kappa shape index (κ1) is 16.5. The molecule has 22 heavy (non-hydrogen) atoms. The maximum atomic E-state index is 11.4. The van der Waals surface area contributed by atoms with E-state index in [1.807, 2.05) is 0 Å². The molecule has 0 bridgehead atoms. The van der Waals surface area contributed by atoms with Crippen LogP contribution in [0.2, 0.25) is 0 Å². The maximum absolute atomic E-state index is 11.4. The first-order valence-electron chi connectivity index (χ1n) is 7.63.